The van der Waals surface area contributed by atoms with Crippen LogP contribution in [0.3, 0.4) is 0 Å². The van der Waals surface area contributed by atoms with Gasteiger partial charge in [-0.2, -0.15) is 0 Å². The van der Waals surface area contributed by atoms with Gasteiger partial charge >= 0.3 is 0 Å². The molecule has 0 aliphatic carbocycles. The molecule has 0 aliphatic rings. The van der Waals surface area contributed by atoms with Gasteiger partial charge in [-0.15, -0.1) is 0 Å². The molecule has 8 aromatic carbocycles. The Kier molecular flexibility index (Phi) is 5.28. The third kappa shape index (κ3) is 3.63. The predicted octanol–water partition coefficient (Wildman–Crippen LogP) is 11.7. The van der Waals surface area contributed by atoms with Crippen LogP contribution in [-0.2, 0) is 0 Å². The van der Waals surface area contributed by atoms with Gasteiger partial charge in [-0.25, -0.2) is 4.98 Å². The molecule has 0 amide bonds. The predicted molar refractivity (Wildman–Crippen MR) is 192 cm³/mol. The van der Waals surface area contributed by atoms with Crippen molar-refractivity contribution in [3.63, 3.8) is 0 Å². The second kappa shape index (κ2) is 9.65. The fourth-order valence-corrected chi connectivity index (χ4v) is 7.30. The second-order valence-electron chi connectivity index (χ2n) is 11.9. The summed E-state index contributed by atoms with van der Waals surface area (Å²) in [5.74, 6) is 0.631. The Balaban J connectivity index is 1.15. The highest BCUT2D eigenvalue weighted by Gasteiger charge is 2.19. The van der Waals surface area contributed by atoms with Gasteiger partial charge in [0.2, 0.25) is 5.89 Å². The monoisotopic (exact) mass is 586 g/mol. The Morgan fingerprint density at radius 1 is 0.413 bits per heavy atom. The van der Waals surface area contributed by atoms with Crippen LogP contribution < -0.4 is 0 Å². The number of hydrogen-bond acceptors (Lipinski definition) is 2. The minimum Gasteiger partial charge on any atom is -0.434 e. The maximum absolute atomic E-state index is 6.53. The summed E-state index contributed by atoms with van der Waals surface area (Å²) in [6, 6.07) is 56.2. The van der Waals surface area contributed by atoms with E-state index in [1.54, 1.807) is 0 Å². The largest absolute Gasteiger partial charge is 0.434 e. The fourth-order valence-electron chi connectivity index (χ4n) is 7.30. The van der Waals surface area contributed by atoms with E-state index >= 15 is 0 Å². The molecule has 3 heteroatoms. The highest BCUT2D eigenvalue weighted by molar-refractivity contribution is 6.25. The number of para-hydroxylation sites is 1. The van der Waals surface area contributed by atoms with E-state index in [2.05, 4.69) is 132 Å². The van der Waals surface area contributed by atoms with Gasteiger partial charge in [-0.3, -0.25) is 0 Å². The van der Waals surface area contributed by atoms with Gasteiger partial charge in [0.25, 0.3) is 0 Å². The number of nitrogens with zero attached hydrogens (tertiary/aromatic N) is 2. The molecular formula is C43H26N2O. The topological polar surface area (TPSA) is 31.0 Å². The van der Waals surface area contributed by atoms with Gasteiger partial charge in [0, 0.05) is 22.0 Å². The van der Waals surface area contributed by atoms with E-state index in [1.165, 1.54) is 48.8 Å². The minimum absolute atomic E-state index is 0.631. The summed E-state index contributed by atoms with van der Waals surface area (Å²) in [7, 11) is 0. The van der Waals surface area contributed by atoms with Crippen molar-refractivity contribution in [2.75, 3.05) is 0 Å². The lowest BCUT2D eigenvalue weighted by Gasteiger charge is -2.13. The van der Waals surface area contributed by atoms with E-state index in [0.29, 0.717) is 5.89 Å². The smallest absolute Gasteiger partial charge is 0.227 e. The number of benzene rings is 8. The summed E-state index contributed by atoms with van der Waals surface area (Å²) in [5.41, 5.74) is 8.25. The highest BCUT2D eigenvalue weighted by Crippen LogP contribution is 2.40. The Hall–Kier alpha value is -6.19. The van der Waals surface area contributed by atoms with Crippen molar-refractivity contribution in [2.45, 2.75) is 0 Å². The number of rotatable bonds is 3. The molecule has 2 heterocycles. The van der Waals surface area contributed by atoms with Gasteiger partial charge in [-0.05, 0) is 92.0 Å². The zero-order chi connectivity index (χ0) is 30.2. The number of oxazole rings is 1. The van der Waals surface area contributed by atoms with Crippen molar-refractivity contribution in [1.29, 1.82) is 0 Å². The molecule has 10 rings (SSSR count). The van der Waals surface area contributed by atoms with Crippen LogP contribution in [0.4, 0.5) is 0 Å². The van der Waals surface area contributed by atoms with E-state index < -0.39 is 0 Å². The first-order chi connectivity index (χ1) is 22.8. The first kappa shape index (κ1) is 25.2. The van der Waals surface area contributed by atoms with Crippen LogP contribution in [0, 0.1) is 0 Å². The van der Waals surface area contributed by atoms with Gasteiger partial charge in [0.15, 0.2) is 5.58 Å². The van der Waals surface area contributed by atoms with Crippen LogP contribution >= 0.6 is 0 Å². The summed E-state index contributed by atoms with van der Waals surface area (Å²) >= 11 is 0. The summed E-state index contributed by atoms with van der Waals surface area (Å²) in [4.78, 5) is 4.88. The normalized spacial score (nSPS) is 11.9. The molecule has 0 saturated heterocycles. The third-order valence-corrected chi connectivity index (χ3v) is 9.41. The maximum atomic E-state index is 6.53. The zero-order valence-corrected chi connectivity index (χ0v) is 24.8. The third-order valence-electron chi connectivity index (χ3n) is 9.41. The first-order valence-corrected chi connectivity index (χ1v) is 15.6. The van der Waals surface area contributed by atoms with Crippen molar-refractivity contribution < 1.29 is 4.42 Å². The molecule has 3 nitrogen and oxygen atoms in total. The molecule has 0 spiro atoms. The summed E-state index contributed by atoms with van der Waals surface area (Å²) in [6.07, 6.45) is 0. The van der Waals surface area contributed by atoms with Gasteiger partial charge in [0.05, 0.1) is 11.0 Å². The zero-order valence-electron chi connectivity index (χ0n) is 24.8. The van der Waals surface area contributed by atoms with Crippen LogP contribution in [0.15, 0.2) is 162 Å². The summed E-state index contributed by atoms with van der Waals surface area (Å²) in [5, 5.41) is 10.1. The Morgan fingerprint density at radius 3 is 1.70 bits per heavy atom. The lowest BCUT2D eigenvalue weighted by atomic mass is 9.92. The van der Waals surface area contributed by atoms with E-state index in [0.717, 1.165) is 38.8 Å². The van der Waals surface area contributed by atoms with Gasteiger partial charge < -0.3 is 8.98 Å². The molecule has 0 atom stereocenters. The van der Waals surface area contributed by atoms with Crippen LogP contribution in [0.2, 0.25) is 0 Å². The Morgan fingerprint density at radius 2 is 0.978 bits per heavy atom. The van der Waals surface area contributed by atoms with Crippen molar-refractivity contribution >= 4 is 65.2 Å². The van der Waals surface area contributed by atoms with Crippen LogP contribution in [0.5, 0.6) is 0 Å². The van der Waals surface area contributed by atoms with E-state index in [9.17, 15) is 0 Å². The van der Waals surface area contributed by atoms with Gasteiger partial charge in [0.1, 0.15) is 5.52 Å². The molecule has 214 valence electrons. The minimum atomic E-state index is 0.631. The lowest BCUT2D eigenvalue weighted by molar-refractivity contribution is 0.622. The molecule has 0 N–H and O–H groups in total. The van der Waals surface area contributed by atoms with E-state index in [1.807, 2.05) is 30.3 Å². The standard InChI is InChI=1S/C43H26N2O/c1-2-10-28(11-3-1)43-44-39-25-24-37-36-16-8-9-17-40(36)45(41(37)42(39)46-43)30-21-18-27(19-22-30)29-20-23-35-33-14-5-4-12-31(33)32-13-6-7-15-34(32)38(35)26-29/h1-26H. The van der Waals surface area contributed by atoms with E-state index in [-0.39, 0.29) is 0 Å². The summed E-state index contributed by atoms with van der Waals surface area (Å²) < 4.78 is 8.84. The molecular weight excluding hydrogens is 560 g/mol. The molecule has 0 aliphatic heterocycles. The van der Waals surface area contributed by atoms with Gasteiger partial charge in [-0.1, -0.05) is 109 Å². The molecule has 0 unspecified atom stereocenters. The SMILES string of the molecule is c1ccc(-c2nc3ccc4c5ccccc5n(-c5ccc(-c6ccc7c8ccccc8c8ccccc8c7c6)cc5)c4c3o2)cc1. The molecule has 2 aromatic heterocycles. The second-order valence-corrected chi connectivity index (χ2v) is 11.9. The van der Waals surface area contributed by atoms with E-state index in [4.69, 9.17) is 9.40 Å². The molecule has 46 heavy (non-hydrogen) atoms. The Bertz CT molecular complexity index is 2750. The average Bonchev–Trinajstić information content (AvgIpc) is 3.72. The van der Waals surface area contributed by atoms with Crippen LogP contribution in [0.25, 0.3) is 93.5 Å². The Labute approximate surface area is 264 Å². The first-order valence-electron chi connectivity index (χ1n) is 15.6. The number of aromatic nitrogens is 2. The molecule has 0 radical (unpaired) electrons. The average molecular weight is 587 g/mol. The van der Waals surface area contributed by atoms with Crippen LogP contribution in [0.1, 0.15) is 0 Å². The molecule has 0 saturated carbocycles. The fraction of sp³-hybridized carbons (Fsp3) is 0. The lowest BCUT2D eigenvalue weighted by Crippen LogP contribution is -1.94. The molecule has 0 bridgehead atoms. The van der Waals surface area contributed by atoms with Crippen molar-refractivity contribution in [1.82, 2.24) is 9.55 Å². The number of hydrogen-bond donors (Lipinski definition) is 0. The maximum Gasteiger partial charge on any atom is 0.227 e. The van der Waals surface area contributed by atoms with Crippen molar-refractivity contribution in [3.8, 4) is 28.3 Å². The van der Waals surface area contributed by atoms with Crippen molar-refractivity contribution in [2.24, 2.45) is 0 Å². The van der Waals surface area contributed by atoms with Crippen molar-refractivity contribution in [3.05, 3.63) is 158 Å². The quantitative estimate of drug-likeness (QED) is 0.193. The summed E-state index contributed by atoms with van der Waals surface area (Å²) in [6.45, 7) is 0. The van der Waals surface area contributed by atoms with Crippen LogP contribution in [-0.4, -0.2) is 9.55 Å². The molecule has 0 fully saturated rings. The highest BCUT2D eigenvalue weighted by atomic mass is 16.3. The number of fused-ring (bicyclic) bond motifs is 11. The molecule has 10 aromatic rings.